The number of imidazole rings is 1. The van der Waals surface area contributed by atoms with Gasteiger partial charge in [-0.25, -0.2) is 4.98 Å². The minimum atomic E-state index is 0.180. The molecule has 3 N–H and O–H groups in total. The number of anilines is 4. The van der Waals surface area contributed by atoms with Crippen LogP contribution < -0.4 is 36.3 Å². The maximum Gasteiger partial charge on any atom is 0.257 e. The molecule has 0 aliphatic carbocycles. The van der Waals surface area contributed by atoms with Gasteiger partial charge in [0.05, 0.1) is 12.8 Å². The molecular formula is C28H24BN4O+. The predicted octanol–water partition coefficient (Wildman–Crippen LogP) is 3.70. The summed E-state index contributed by atoms with van der Waals surface area (Å²) in [6, 6.07) is 25.8. The van der Waals surface area contributed by atoms with Crippen molar-refractivity contribution in [3.05, 3.63) is 84.2 Å². The number of aromatic nitrogens is 2. The van der Waals surface area contributed by atoms with E-state index in [9.17, 15) is 0 Å². The summed E-state index contributed by atoms with van der Waals surface area (Å²) in [6.07, 6.45) is 0. The van der Waals surface area contributed by atoms with Gasteiger partial charge in [0.25, 0.3) is 12.5 Å². The molecule has 2 aliphatic rings. The Bertz CT molecular complexity index is 1630. The van der Waals surface area contributed by atoms with Crippen molar-refractivity contribution in [1.29, 1.82) is 0 Å². The van der Waals surface area contributed by atoms with E-state index in [0.717, 1.165) is 50.9 Å². The molecule has 4 aromatic carbocycles. The van der Waals surface area contributed by atoms with Gasteiger partial charge in [-0.15, -0.1) is 0 Å². The van der Waals surface area contributed by atoms with Crippen LogP contribution in [0, 0.1) is 13.8 Å². The molecule has 0 atom stereocenters. The second-order valence-electron chi connectivity index (χ2n) is 9.11. The van der Waals surface area contributed by atoms with Gasteiger partial charge in [-0.3, -0.25) is 0 Å². The Morgan fingerprint density at radius 2 is 1.50 bits per heavy atom. The van der Waals surface area contributed by atoms with E-state index < -0.39 is 0 Å². The SMILES string of the molecule is COc1cccc(-[n+]2c(C)[nH]c3c4c5c(cc32)Nc2ccccc2B5c2ccccc2N4)c1C. The van der Waals surface area contributed by atoms with Gasteiger partial charge in [0.1, 0.15) is 11.4 Å². The number of fused-ring (bicyclic) bond motifs is 6. The third-order valence-corrected chi connectivity index (χ3v) is 7.31. The second-order valence-corrected chi connectivity index (χ2v) is 9.11. The number of benzene rings is 4. The molecule has 5 nitrogen and oxygen atoms in total. The van der Waals surface area contributed by atoms with E-state index in [4.69, 9.17) is 4.74 Å². The Balaban J connectivity index is 1.56. The molecule has 164 valence electrons. The Morgan fingerprint density at radius 1 is 0.794 bits per heavy atom. The lowest BCUT2D eigenvalue weighted by atomic mass is 9.34. The number of ether oxygens (including phenoxy) is 1. The fraction of sp³-hybridized carbons (Fsp3) is 0.107. The Labute approximate surface area is 198 Å². The lowest BCUT2D eigenvalue weighted by molar-refractivity contribution is -0.574. The maximum absolute atomic E-state index is 5.62. The van der Waals surface area contributed by atoms with E-state index in [1.54, 1.807) is 7.11 Å². The predicted molar refractivity (Wildman–Crippen MR) is 140 cm³/mol. The van der Waals surface area contributed by atoms with Crippen molar-refractivity contribution in [2.75, 3.05) is 17.7 Å². The molecule has 3 heterocycles. The number of rotatable bonds is 2. The lowest BCUT2D eigenvalue weighted by Gasteiger charge is -2.34. The van der Waals surface area contributed by atoms with Gasteiger partial charge >= 0.3 is 0 Å². The molecule has 1 aromatic heterocycles. The van der Waals surface area contributed by atoms with Crippen LogP contribution in [-0.2, 0) is 0 Å². The summed E-state index contributed by atoms with van der Waals surface area (Å²) in [5.41, 5.74) is 13.0. The van der Waals surface area contributed by atoms with Crippen molar-refractivity contribution in [2.45, 2.75) is 13.8 Å². The molecule has 0 radical (unpaired) electrons. The first-order valence-corrected chi connectivity index (χ1v) is 11.6. The molecular weight excluding hydrogens is 419 g/mol. The molecule has 34 heavy (non-hydrogen) atoms. The molecule has 0 saturated heterocycles. The van der Waals surface area contributed by atoms with Crippen LogP contribution in [0.1, 0.15) is 11.4 Å². The van der Waals surface area contributed by atoms with Crippen molar-refractivity contribution in [2.24, 2.45) is 0 Å². The van der Waals surface area contributed by atoms with Gasteiger partial charge in [0.2, 0.25) is 0 Å². The fourth-order valence-corrected chi connectivity index (χ4v) is 5.80. The lowest BCUT2D eigenvalue weighted by Crippen LogP contribution is -2.59. The number of nitrogens with zero attached hydrogens (tertiary/aromatic N) is 1. The largest absolute Gasteiger partial charge is 0.496 e. The standard InChI is InChI=1S/C28H23BN4O/c1-16-23(13-8-14-25(16)34-3)33-17(2)30-27-24(33)15-22-26-28(27)32-21-12-7-5-10-19(21)29(26)18-9-4-6-11-20(18)31-22/h4-15,31-32H,1-3H3/p+1. The molecule has 5 aromatic rings. The fourth-order valence-electron chi connectivity index (χ4n) is 5.80. The van der Waals surface area contributed by atoms with Crippen LogP contribution in [0.4, 0.5) is 22.7 Å². The van der Waals surface area contributed by atoms with Gasteiger partial charge in [0, 0.05) is 35.6 Å². The molecule has 6 heteroatoms. The quantitative estimate of drug-likeness (QED) is 0.282. The number of methoxy groups -OCH3 is 1. The van der Waals surface area contributed by atoms with E-state index in [-0.39, 0.29) is 6.71 Å². The first kappa shape index (κ1) is 19.3. The molecule has 0 saturated carbocycles. The van der Waals surface area contributed by atoms with Crippen molar-refractivity contribution >= 4 is 56.9 Å². The zero-order valence-corrected chi connectivity index (χ0v) is 19.4. The van der Waals surface area contributed by atoms with Crippen LogP contribution in [0.5, 0.6) is 5.75 Å². The van der Waals surface area contributed by atoms with Gasteiger partial charge in [-0.1, -0.05) is 42.5 Å². The average molecular weight is 443 g/mol. The number of para-hydroxylation sites is 2. The van der Waals surface area contributed by atoms with E-state index in [1.807, 2.05) is 12.1 Å². The van der Waals surface area contributed by atoms with Crippen LogP contribution in [0.2, 0.25) is 0 Å². The third kappa shape index (κ3) is 2.48. The molecule has 0 fully saturated rings. The number of hydrogen-bond donors (Lipinski definition) is 3. The summed E-state index contributed by atoms with van der Waals surface area (Å²) in [6.45, 7) is 4.42. The number of aryl methyl sites for hydroxylation is 1. The molecule has 7 rings (SSSR count). The first-order chi connectivity index (χ1) is 16.7. The van der Waals surface area contributed by atoms with Crippen LogP contribution in [-0.4, -0.2) is 18.8 Å². The van der Waals surface area contributed by atoms with Crippen molar-refractivity contribution in [1.82, 2.24) is 4.98 Å². The van der Waals surface area contributed by atoms with Gasteiger partial charge in [0.15, 0.2) is 11.0 Å². The minimum Gasteiger partial charge on any atom is -0.496 e. The van der Waals surface area contributed by atoms with Crippen LogP contribution >= 0.6 is 0 Å². The zero-order valence-electron chi connectivity index (χ0n) is 19.4. The van der Waals surface area contributed by atoms with E-state index in [1.165, 1.54) is 22.1 Å². The van der Waals surface area contributed by atoms with E-state index in [2.05, 4.69) is 94.7 Å². The summed E-state index contributed by atoms with van der Waals surface area (Å²) in [5.74, 6) is 1.96. The summed E-state index contributed by atoms with van der Waals surface area (Å²) in [7, 11) is 1.72. The van der Waals surface area contributed by atoms with Gasteiger partial charge in [-0.05, 0) is 47.6 Å². The highest BCUT2D eigenvalue weighted by Crippen LogP contribution is 2.35. The Morgan fingerprint density at radius 3 is 2.24 bits per heavy atom. The van der Waals surface area contributed by atoms with E-state index >= 15 is 0 Å². The van der Waals surface area contributed by atoms with Gasteiger partial charge in [-0.2, -0.15) is 4.57 Å². The molecule has 0 bridgehead atoms. The molecule has 0 spiro atoms. The number of hydrogen-bond acceptors (Lipinski definition) is 3. The summed E-state index contributed by atoms with van der Waals surface area (Å²) < 4.78 is 7.92. The van der Waals surface area contributed by atoms with Crippen LogP contribution in [0.25, 0.3) is 16.7 Å². The normalized spacial score (nSPS) is 13.0. The second kappa shape index (κ2) is 6.91. The van der Waals surface area contributed by atoms with Crippen LogP contribution in [0.15, 0.2) is 72.8 Å². The minimum absolute atomic E-state index is 0.180. The van der Waals surface area contributed by atoms with Crippen molar-refractivity contribution < 1.29 is 9.30 Å². The number of aromatic amines is 1. The molecule has 2 aliphatic heterocycles. The highest BCUT2D eigenvalue weighted by atomic mass is 16.5. The number of nitrogens with one attached hydrogen (secondary N) is 3. The maximum atomic E-state index is 5.62. The summed E-state index contributed by atoms with van der Waals surface area (Å²) in [5, 5.41) is 7.51. The highest BCUT2D eigenvalue weighted by molar-refractivity contribution is 7.00. The molecule has 0 unspecified atom stereocenters. The van der Waals surface area contributed by atoms with Crippen molar-refractivity contribution in [3.8, 4) is 11.4 Å². The summed E-state index contributed by atoms with van der Waals surface area (Å²) >= 11 is 0. The summed E-state index contributed by atoms with van der Waals surface area (Å²) in [4.78, 5) is 3.70. The smallest absolute Gasteiger partial charge is 0.257 e. The highest BCUT2D eigenvalue weighted by Gasteiger charge is 2.40. The average Bonchev–Trinajstić information content (AvgIpc) is 3.19. The first-order valence-electron chi connectivity index (χ1n) is 11.6. The Kier molecular flexibility index (Phi) is 3.92. The van der Waals surface area contributed by atoms with Crippen LogP contribution in [0.3, 0.4) is 0 Å². The third-order valence-electron chi connectivity index (χ3n) is 7.31. The van der Waals surface area contributed by atoms with E-state index in [0.29, 0.717) is 0 Å². The zero-order chi connectivity index (χ0) is 23.0. The van der Waals surface area contributed by atoms with Gasteiger partial charge < -0.3 is 15.4 Å². The molecule has 0 amide bonds. The topological polar surface area (TPSA) is 53.0 Å². The monoisotopic (exact) mass is 443 g/mol. The van der Waals surface area contributed by atoms with Crippen molar-refractivity contribution in [3.63, 3.8) is 0 Å². The number of H-pyrrole nitrogens is 1. The Hall–Kier alpha value is -4.19.